The fraction of sp³-hybridized carbons (Fsp3) is 1.00. The number of alkyl halides is 2. The smallest absolute Gasteiger partial charge is 0.266 e. The van der Waals surface area contributed by atoms with E-state index in [9.17, 15) is 13.9 Å². The van der Waals surface area contributed by atoms with Crippen molar-refractivity contribution in [2.45, 2.75) is 24.9 Å². The number of rotatable bonds is 1. The molecule has 0 atom stereocenters. The van der Waals surface area contributed by atoms with Gasteiger partial charge < -0.3 is 5.11 Å². The summed E-state index contributed by atoms with van der Waals surface area (Å²) in [6.45, 7) is 0. The predicted octanol–water partition coefficient (Wildman–Crippen LogP) is 1.51. The summed E-state index contributed by atoms with van der Waals surface area (Å²) < 4.78 is 24.1. The zero-order valence-electron chi connectivity index (χ0n) is 5.52. The van der Waals surface area contributed by atoms with Gasteiger partial charge in [-0.2, -0.15) is 11.8 Å². The Balaban J connectivity index is 2.48. The maximum Gasteiger partial charge on any atom is 0.266 e. The summed E-state index contributed by atoms with van der Waals surface area (Å²) in [7, 11) is 0. The molecular formula is C6H10F2OS. The average Bonchev–Trinajstić information content (AvgIpc) is 1.89. The molecule has 10 heavy (non-hydrogen) atoms. The molecule has 0 radical (unpaired) electrons. The van der Waals surface area contributed by atoms with E-state index in [0.29, 0.717) is 11.5 Å². The third-order valence-electron chi connectivity index (χ3n) is 1.76. The number of aliphatic hydroxyl groups is 1. The molecule has 0 amide bonds. The van der Waals surface area contributed by atoms with Gasteiger partial charge in [0.2, 0.25) is 0 Å². The van der Waals surface area contributed by atoms with Crippen molar-refractivity contribution in [3.05, 3.63) is 0 Å². The summed E-state index contributed by atoms with van der Waals surface area (Å²) in [5.41, 5.74) is -1.68. The van der Waals surface area contributed by atoms with Gasteiger partial charge >= 0.3 is 0 Å². The quantitative estimate of drug-likeness (QED) is 0.640. The fourth-order valence-electron chi connectivity index (χ4n) is 0.943. The Hall–Kier alpha value is 0.170. The number of thioether (sulfide) groups is 1. The van der Waals surface area contributed by atoms with Crippen LogP contribution >= 0.6 is 11.8 Å². The summed E-state index contributed by atoms with van der Waals surface area (Å²) in [5, 5.41) is 9.19. The molecular weight excluding hydrogens is 158 g/mol. The topological polar surface area (TPSA) is 20.2 Å². The number of hydrogen-bond acceptors (Lipinski definition) is 2. The van der Waals surface area contributed by atoms with Crippen LogP contribution in [-0.4, -0.2) is 28.6 Å². The van der Waals surface area contributed by atoms with E-state index in [1.165, 1.54) is 0 Å². The van der Waals surface area contributed by atoms with Crippen molar-refractivity contribution >= 4 is 11.8 Å². The van der Waals surface area contributed by atoms with Crippen LogP contribution in [-0.2, 0) is 0 Å². The minimum Gasteiger partial charge on any atom is -0.384 e. The molecule has 0 aliphatic carbocycles. The second-order valence-corrected chi connectivity index (χ2v) is 3.74. The van der Waals surface area contributed by atoms with Gasteiger partial charge in [-0.05, 0) is 24.3 Å². The number of halogens is 2. The molecule has 1 aliphatic heterocycles. The Labute approximate surface area is 62.8 Å². The third-order valence-corrected chi connectivity index (χ3v) is 2.75. The predicted molar refractivity (Wildman–Crippen MR) is 37.5 cm³/mol. The zero-order valence-corrected chi connectivity index (χ0v) is 6.33. The monoisotopic (exact) mass is 168 g/mol. The maximum atomic E-state index is 12.0. The zero-order chi connectivity index (χ0) is 7.61. The van der Waals surface area contributed by atoms with Crippen LogP contribution in [0.15, 0.2) is 0 Å². The fourth-order valence-corrected chi connectivity index (χ4v) is 2.14. The van der Waals surface area contributed by atoms with Crippen molar-refractivity contribution in [1.29, 1.82) is 0 Å². The molecule has 1 heterocycles. The first-order valence-corrected chi connectivity index (χ1v) is 4.39. The summed E-state index contributed by atoms with van der Waals surface area (Å²) in [5.74, 6) is 1.31. The summed E-state index contributed by atoms with van der Waals surface area (Å²) >= 11 is 1.62. The molecule has 0 saturated carbocycles. The molecule has 0 aromatic rings. The lowest BCUT2D eigenvalue weighted by Gasteiger charge is -2.30. The van der Waals surface area contributed by atoms with Crippen molar-refractivity contribution in [2.75, 3.05) is 11.5 Å². The van der Waals surface area contributed by atoms with Gasteiger partial charge in [0, 0.05) is 0 Å². The van der Waals surface area contributed by atoms with E-state index in [1.54, 1.807) is 11.8 Å². The molecule has 0 aromatic carbocycles. The van der Waals surface area contributed by atoms with Gasteiger partial charge in [0.15, 0.2) is 0 Å². The highest BCUT2D eigenvalue weighted by Crippen LogP contribution is 2.31. The van der Waals surface area contributed by atoms with Crippen molar-refractivity contribution in [3.8, 4) is 0 Å². The van der Waals surface area contributed by atoms with Gasteiger partial charge in [0.05, 0.1) is 0 Å². The lowest BCUT2D eigenvalue weighted by atomic mass is 9.98. The molecule has 1 rings (SSSR count). The molecule has 0 aromatic heterocycles. The highest BCUT2D eigenvalue weighted by Gasteiger charge is 2.38. The lowest BCUT2D eigenvalue weighted by Crippen LogP contribution is -2.40. The van der Waals surface area contributed by atoms with Crippen LogP contribution in [0, 0.1) is 0 Å². The summed E-state index contributed by atoms with van der Waals surface area (Å²) in [4.78, 5) is 0. The minimum atomic E-state index is -2.58. The molecule has 4 heteroatoms. The molecule has 1 N–H and O–H groups in total. The first-order valence-electron chi connectivity index (χ1n) is 3.23. The van der Waals surface area contributed by atoms with Crippen molar-refractivity contribution in [1.82, 2.24) is 0 Å². The average molecular weight is 168 g/mol. The van der Waals surface area contributed by atoms with Crippen LogP contribution in [0.25, 0.3) is 0 Å². The third kappa shape index (κ3) is 1.61. The number of hydrogen-bond donors (Lipinski definition) is 1. The molecule has 60 valence electrons. The van der Waals surface area contributed by atoms with Crippen LogP contribution in [0.5, 0.6) is 0 Å². The first kappa shape index (κ1) is 8.27. The standard InChI is InChI=1S/C6H10F2OS/c7-5(8)6(9)1-3-10-4-2-6/h5,9H,1-4H2. The van der Waals surface area contributed by atoms with E-state index in [0.717, 1.165) is 0 Å². The van der Waals surface area contributed by atoms with Gasteiger partial charge in [0.25, 0.3) is 6.43 Å². The van der Waals surface area contributed by atoms with E-state index < -0.39 is 12.0 Å². The maximum absolute atomic E-state index is 12.0. The Kier molecular flexibility index (Phi) is 2.52. The van der Waals surface area contributed by atoms with E-state index in [2.05, 4.69) is 0 Å². The van der Waals surface area contributed by atoms with E-state index in [-0.39, 0.29) is 12.8 Å². The molecule has 1 saturated heterocycles. The molecule has 0 spiro atoms. The van der Waals surface area contributed by atoms with Gasteiger partial charge in [-0.25, -0.2) is 8.78 Å². The van der Waals surface area contributed by atoms with Crippen LogP contribution < -0.4 is 0 Å². The molecule has 0 unspecified atom stereocenters. The van der Waals surface area contributed by atoms with Gasteiger partial charge in [-0.15, -0.1) is 0 Å². The largest absolute Gasteiger partial charge is 0.384 e. The second-order valence-electron chi connectivity index (χ2n) is 2.52. The Morgan fingerprint density at radius 1 is 1.30 bits per heavy atom. The van der Waals surface area contributed by atoms with E-state index >= 15 is 0 Å². The van der Waals surface area contributed by atoms with Gasteiger partial charge in [0.1, 0.15) is 5.60 Å². The Morgan fingerprint density at radius 3 is 2.10 bits per heavy atom. The highest BCUT2D eigenvalue weighted by molar-refractivity contribution is 7.99. The molecule has 1 nitrogen and oxygen atoms in total. The minimum absolute atomic E-state index is 0.231. The summed E-state index contributed by atoms with van der Waals surface area (Å²) in [6, 6.07) is 0. The van der Waals surface area contributed by atoms with Crippen molar-refractivity contribution < 1.29 is 13.9 Å². The van der Waals surface area contributed by atoms with Gasteiger partial charge in [-0.3, -0.25) is 0 Å². The van der Waals surface area contributed by atoms with Crippen molar-refractivity contribution in [3.63, 3.8) is 0 Å². The van der Waals surface area contributed by atoms with Crippen LogP contribution in [0.3, 0.4) is 0 Å². The summed E-state index contributed by atoms with van der Waals surface area (Å²) in [6.07, 6.45) is -2.11. The van der Waals surface area contributed by atoms with E-state index in [4.69, 9.17) is 0 Å². The van der Waals surface area contributed by atoms with E-state index in [1.807, 2.05) is 0 Å². The SMILES string of the molecule is OC1(C(F)F)CCSCC1. The van der Waals surface area contributed by atoms with Crippen LogP contribution in [0.4, 0.5) is 8.78 Å². The molecule has 1 aliphatic rings. The van der Waals surface area contributed by atoms with Crippen molar-refractivity contribution in [2.24, 2.45) is 0 Å². The Bertz CT molecular complexity index is 112. The lowest BCUT2D eigenvalue weighted by molar-refractivity contribution is -0.100. The van der Waals surface area contributed by atoms with Crippen LogP contribution in [0.2, 0.25) is 0 Å². The first-order chi connectivity index (χ1) is 4.65. The second kappa shape index (κ2) is 3.05. The molecule has 0 bridgehead atoms. The van der Waals surface area contributed by atoms with Crippen LogP contribution in [0.1, 0.15) is 12.8 Å². The van der Waals surface area contributed by atoms with Gasteiger partial charge in [-0.1, -0.05) is 0 Å². The normalized spacial score (nSPS) is 25.2. The highest BCUT2D eigenvalue weighted by atomic mass is 32.2. The molecule has 1 fully saturated rings. The Morgan fingerprint density at radius 2 is 1.80 bits per heavy atom.